The van der Waals surface area contributed by atoms with Gasteiger partial charge in [-0.15, -0.1) is 0 Å². The van der Waals surface area contributed by atoms with Crippen molar-refractivity contribution in [2.24, 2.45) is 5.92 Å². The van der Waals surface area contributed by atoms with Gasteiger partial charge in [-0.2, -0.15) is 0 Å². The number of aromatic nitrogens is 3. The largest absolute Gasteiger partial charge is 0.491 e. The number of aryl methyl sites for hydroxylation is 1. The van der Waals surface area contributed by atoms with Crippen molar-refractivity contribution < 1.29 is 4.74 Å². The Morgan fingerprint density at radius 1 is 1.18 bits per heavy atom. The van der Waals surface area contributed by atoms with E-state index in [2.05, 4.69) is 45.2 Å². The molecule has 0 unspecified atom stereocenters. The standard InChI is InChI=1S/C21H21N5OS/c22-21-25-15-8-13(4-5-18(15)28-21)20-24-16-9-14(23-11-12-2-3-12)10-17-19(16)26(20)6-1-7-27-17/h4-5,8-10,12,23H,1-3,6-7,11H2,(H2,22,25). The molecule has 0 atom stereocenters. The van der Waals surface area contributed by atoms with Crippen LogP contribution in [0.1, 0.15) is 19.3 Å². The second-order valence-corrected chi connectivity index (χ2v) is 8.75. The number of rotatable bonds is 4. The minimum absolute atomic E-state index is 0.598. The van der Waals surface area contributed by atoms with E-state index in [4.69, 9.17) is 15.5 Å². The van der Waals surface area contributed by atoms with E-state index in [0.29, 0.717) is 5.13 Å². The van der Waals surface area contributed by atoms with Crippen molar-refractivity contribution in [3.63, 3.8) is 0 Å². The highest BCUT2D eigenvalue weighted by molar-refractivity contribution is 7.22. The fraction of sp³-hybridized carbons (Fsp3) is 0.333. The van der Waals surface area contributed by atoms with Gasteiger partial charge in [0.1, 0.15) is 17.1 Å². The zero-order valence-electron chi connectivity index (χ0n) is 15.4. The van der Waals surface area contributed by atoms with E-state index in [1.807, 2.05) is 0 Å². The lowest BCUT2D eigenvalue weighted by Crippen LogP contribution is -2.03. The molecule has 2 aliphatic rings. The Morgan fingerprint density at radius 2 is 2.11 bits per heavy atom. The Balaban J connectivity index is 1.50. The molecule has 6 nitrogen and oxygen atoms in total. The fourth-order valence-electron chi connectivity index (χ4n) is 3.95. The molecule has 2 aromatic heterocycles. The van der Waals surface area contributed by atoms with Crippen molar-refractivity contribution in [2.75, 3.05) is 24.2 Å². The van der Waals surface area contributed by atoms with Crippen LogP contribution in [-0.4, -0.2) is 27.7 Å². The lowest BCUT2D eigenvalue weighted by Gasteiger charge is -2.10. The zero-order chi connectivity index (χ0) is 18.7. The van der Waals surface area contributed by atoms with Gasteiger partial charge in [-0.3, -0.25) is 0 Å². The molecule has 4 aromatic rings. The molecular weight excluding hydrogens is 370 g/mol. The number of anilines is 2. The molecule has 28 heavy (non-hydrogen) atoms. The highest BCUT2D eigenvalue weighted by Gasteiger charge is 2.23. The van der Waals surface area contributed by atoms with E-state index in [0.717, 1.165) is 76.1 Å². The van der Waals surface area contributed by atoms with Crippen LogP contribution in [0.2, 0.25) is 0 Å². The summed E-state index contributed by atoms with van der Waals surface area (Å²) in [6.45, 7) is 2.65. The number of fused-ring (bicyclic) bond motifs is 1. The Labute approximate surface area is 166 Å². The van der Waals surface area contributed by atoms with Crippen LogP contribution in [0.4, 0.5) is 10.8 Å². The van der Waals surface area contributed by atoms with Crippen LogP contribution >= 0.6 is 11.3 Å². The van der Waals surface area contributed by atoms with Crippen LogP contribution in [-0.2, 0) is 6.54 Å². The highest BCUT2D eigenvalue weighted by Crippen LogP contribution is 2.37. The van der Waals surface area contributed by atoms with Crippen molar-refractivity contribution in [1.29, 1.82) is 0 Å². The molecule has 1 aliphatic heterocycles. The molecule has 0 amide bonds. The van der Waals surface area contributed by atoms with Crippen LogP contribution in [0, 0.1) is 5.92 Å². The molecule has 1 saturated carbocycles. The van der Waals surface area contributed by atoms with E-state index in [1.165, 1.54) is 24.2 Å². The van der Waals surface area contributed by atoms with Gasteiger partial charge < -0.3 is 20.4 Å². The van der Waals surface area contributed by atoms with Gasteiger partial charge in [0.2, 0.25) is 0 Å². The summed E-state index contributed by atoms with van der Waals surface area (Å²) in [5.74, 6) is 2.71. The van der Waals surface area contributed by atoms with Gasteiger partial charge in [0, 0.05) is 30.4 Å². The average Bonchev–Trinajstić information content (AvgIpc) is 3.39. The first-order valence-corrected chi connectivity index (χ1v) is 10.6. The highest BCUT2D eigenvalue weighted by atomic mass is 32.1. The lowest BCUT2D eigenvalue weighted by molar-refractivity contribution is 0.316. The van der Waals surface area contributed by atoms with Gasteiger partial charge in [0.05, 0.1) is 22.3 Å². The maximum absolute atomic E-state index is 6.08. The Bertz CT molecular complexity index is 1210. The Morgan fingerprint density at radius 3 is 3.00 bits per heavy atom. The van der Waals surface area contributed by atoms with Gasteiger partial charge >= 0.3 is 0 Å². The maximum Gasteiger partial charge on any atom is 0.181 e. The number of ether oxygens (including phenoxy) is 1. The zero-order valence-corrected chi connectivity index (χ0v) is 16.3. The van der Waals surface area contributed by atoms with Gasteiger partial charge in [-0.1, -0.05) is 11.3 Å². The number of nitrogen functional groups attached to an aromatic ring is 1. The summed E-state index contributed by atoms with van der Waals surface area (Å²) in [7, 11) is 0. The molecule has 0 radical (unpaired) electrons. The monoisotopic (exact) mass is 391 g/mol. The summed E-state index contributed by atoms with van der Waals surface area (Å²) in [5, 5.41) is 4.16. The maximum atomic E-state index is 6.08. The molecule has 3 heterocycles. The number of imidazole rings is 1. The molecule has 2 aromatic carbocycles. The quantitative estimate of drug-likeness (QED) is 0.536. The topological polar surface area (TPSA) is 78.0 Å². The summed E-state index contributed by atoms with van der Waals surface area (Å²) in [6.07, 6.45) is 3.63. The van der Waals surface area contributed by atoms with E-state index in [-0.39, 0.29) is 0 Å². The summed E-state index contributed by atoms with van der Waals surface area (Å²) in [6, 6.07) is 10.6. The molecule has 0 spiro atoms. The molecule has 7 heteroatoms. The van der Waals surface area contributed by atoms with Crippen molar-refractivity contribution in [2.45, 2.75) is 25.8 Å². The number of nitrogens with zero attached hydrogens (tertiary/aromatic N) is 3. The number of benzene rings is 2. The summed E-state index contributed by atoms with van der Waals surface area (Å²) in [4.78, 5) is 9.44. The van der Waals surface area contributed by atoms with Crippen LogP contribution in [0.25, 0.3) is 32.6 Å². The molecule has 3 N–H and O–H groups in total. The number of thiazole rings is 1. The van der Waals surface area contributed by atoms with Crippen LogP contribution in [0.3, 0.4) is 0 Å². The molecule has 0 bridgehead atoms. The van der Waals surface area contributed by atoms with Gasteiger partial charge in [0.15, 0.2) is 5.13 Å². The lowest BCUT2D eigenvalue weighted by atomic mass is 10.2. The van der Waals surface area contributed by atoms with Crippen molar-refractivity contribution in [3.05, 3.63) is 30.3 Å². The van der Waals surface area contributed by atoms with Crippen molar-refractivity contribution in [1.82, 2.24) is 14.5 Å². The normalized spacial score (nSPS) is 16.3. The predicted molar refractivity (Wildman–Crippen MR) is 114 cm³/mol. The Hall–Kier alpha value is -2.80. The summed E-state index contributed by atoms with van der Waals surface area (Å²) >= 11 is 1.51. The summed E-state index contributed by atoms with van der Waals surface area (Å²) in [5.41, 5.74) is 11.0. The number of hydrogen-bond donors (Lipinski definition) is 2. The smallest absolute Gasteiger partial charge is 0.181 e. The third-order valence-corrected chi connectivity index (χ3v) is 6.41. The third-order valence-electron chi connectivity index (χ3n) is 5.54. The van der Waals surface area contributed by atoms with Crippen molar-refractivity contribution in [3.8, 4) is 17.1 Å². The van der Waals surface area contributed by atoms with E-state index in [9.17, 15) is 0 Å². The minimum Gasteiger partial charge on any atom is -0.491 e. The van der Waals surface area contributed by atoms with Gasteiger partial charge in [0.25, 0.3) is 0 Å². The first kappa shape index (κ1) is 16.2. The van der Waals surface area contributed by atoms with E-state index < -0.39 is 0 Å². The Kier molecular flexibility index (Phi) is 3.53. The molecule has 0 saturated heterocycles. The van der Waals surface area contributed by atoms with Crippen molar-refractivity contribution >= 4 is 43.4 Å². The molecule has 142 valence electrons. The second-order valence-electron chi connectivity index (χ2n) is 7.69. The van der Waals surface area contributed by atoms with E-state index in [1.54, 1.807) is 0 Å². The molecule has 1 aliphatic carbocycles. The number of nitrogens with two attached hydrogens (primary N) is 1. The van der Waals surface area contributed by atoms with Gasteiger partial charge in [-0.05, 0) is 49.4 Å². The third kappa shape index (κ3) is 2.69. The summed E-state index contributed by atoms with van der Waals surface area (Å²) < 4.78 is 9.47. The number of nitrogens with one attached hydrogen (secondary N) is 1. The molecule has 1 fully saturated rings. The second kappa shape index (κ2) is 6.10. The van der Waals surface area contributed by atoms with Crippen LogP contribution in [0.15, 0.2) is 30.3 Å². The molecular formula is C21H21N5OS. The predicted octanol–water partition coefficient (Wildman–Crippen LogP) is 4.50. The average molecular weight is 392 g/mol. The number of hydrogen-bond acceptors (Lipinski definition) is 6. The van der Waals surface area contributed by atoms with Gasteiger partial charge in [-0.25, -0.2) is 9.97 Å². The first-order valence-electron chi connectivity index (χ1n) is 9.82. The van der Waals surface area contributed by atoms with Crippen LogP contribution in [0.5, 0.6) is 5.75 Å². The molecule has 6 rings (SSSR count). The van der Waals surface area contributed by atoms with Crippen LogP contribution < -0.4 is 15.8 Å². The first-order chi connectivity index (χ1) is 13.7. The van der Waals surface area contributed by atoms with E-state index >= 15 is 0 Å². The SMILES string of the molecule is Nc1nc2cc(-c3nc4cc(NCC5CC5)cc5c4n3CCCO5)ccc2s1. The fourth-order valence-corrected chi connectivity index (χ4v) is 4.67. The minimum atomic E-state index is 0.598.